The summed E-state index contributed by atoms with van der Waals surface area (Å²) in [4.78, 5) is 37.2. The van der Waals surface area contributed by atoms with Crippen LogP contribution in [0.5, 0.6) is 0 Å². The van der Waals surface area contributed by atoms with Crippen molar-refractivity contribution < 1.29 is 14.4 Å². The zero-order valence-electron chi connectivity index (χ0n) is 17.7. The van der Waals surface area contributed by atoms with Gasteiger partial charge in [-0.15, -0.1) is 0 Å². The van der Waals surface area contributed by atoms with Crippen LogP contribution in [-0.2, 0) is 9.59 Å². The smallest absolute Gasteiger partial charge is 0.322 e. The minimum Gasteiger partial charge on any atom is -0.322 e. The van der Waals surface area contributed by atoms with E-state index in [-0.39, 0.29) is 11.3 Å². The van der Waals surface area contributed by atoms with Crippen molar-refractivity contribution in [2.75, 3.05) is 10.6 Å². The summed E-state index contributed by atoms with van der Waals surface area (Å²) in [6.45, 7) is 1.69. The largest absolute Gasteiger partial charge is 0.329 e. The number of halogens is 1. The number of anilines is 2. The molecule has 0 unspecified atom stereocenters. The van der Waals surface area contributed by atoms with Crippen LogP contribution >= 0.6 is 15.9 Å². The molecule has 166 valence electrons. The standard InChI is InChI=1S/C25H21BrN4O3/c1-17(11-12-18-7-3-2-4-8-18)29-30-25(33)24(32)28-22-10-6-5-9-21(22)23(31)27-20-15-13-19(26)14-16-20/h2-16H,1H3,(H,27,31)(H,28,32)(H,30,33)/b12-11+,29-17+. The van der Waals surface area contributed by atoms with Crippen LogP contribution in [0, 0.1) is 0 Å². The molecule has 0 aliphatic heterocycles. The van der Waals surface area contributed by atoms with E-state index in [1.54, 1.807) is 61.5 Å². The molecule has 0 aromatic heterocycles. The predicted molar refractivity (Wildman–Crippen MR) is 134 cm³/mol. The fourth-order valence-corrected chi connectivity index (χ4v) is 2.97. The molecule has 0 atom stereocenters. The van der Waals surface area contributed by atoms with Crippen LogP contribution < -0.4 is 16.1 Å². The molecule has 0 bridgehead atoms. The molecule has 0 saturated heterocycles. The Morgan fingerprint density at radius 1 is 0.818 bits per heavy atom. The molecule has 33 heavy (non-hydrogen) atoms. The Hall–Kier alpha value is -4.04. The zero-order chi connectivity index (χ0) is 23.6. The first-order valence-electron chi connectivity index (χ1n) is 9.97. The highest BCUT2D eigenvalue weighted by molar-refractivity contribution is 9.10. The number of nitrogens with zero attached hydrogens (tertiary/aromatic N) is 1. The summed E-state index contributed by atoms with van der Waals surface area (Å²) in [5, 5.41) is 9.12. The van der Waals surface area contributed by atoms with Crippen LogP contribution in [0.3, 0.4) is 0 Å². The van der Waals surface area contributed by atoms with Crippen LogP contribution in [0.25, 0.3) is 6.08 Å². The van der Waals surface area contributed by atoms with Gasteiger partial charge in [0.2, 0.25) is 0 Å². The van der Waals surface area contributed by atoms with Crippen LogP contribution in [0.1, 0.15) is 22.8 Å². The second-order valence-electron chi connectivity index (χ2n) is 6.90. The van der Waals surface area contributed by atoms with Gasteiger partial charge in [0.15, 0.2) is 0 Å². The number of amides is 3. The Kier molecular flexibility index (Phi) is 8.26. The van der Waals surface area contributed by atoms with Crippen molar-refractivity contribution in [3.63, 3.8) is 0 Å². The fourth-order valence-electron chi connectivity index (χ4n) is 2.71. The quantitative estimate of drug-likeness (QED) is 0.254. The maximum atomic E-state index is 12.7. The summed E-state index contributed by atoms with van der Waals surface area (Å²) in [5.74, 6) is -2.32. The first kappa shape index (κ1) is 23.6. The van der Waals surface area contributed by atoms with Crippen molar-refractivity contribution in [2.24, 2.45) is 5.10 Å². The Balaban J connectivity index is 1.61. The molecule has 7 nitrogen and oxygen atoms in total. The Morgan fingerprint density at radius 3 is 2.21 bits per heavy atom. The molecule has 8 heteroatoms. The van der Waals surface area contributed by atoms with E-state index in [4.69, 9.17) is 0 Å². The highest BCUT2D eigenvalue weighted by atomic mass is 79.9. The number of allylic oxidation sites excluding steroid dienone is 1. The van der Waals surface area contributed by atoms with Gasteiger partial charge in [0.1, 0.15) is 0 Å². The molecule has 0 saturated carbocycles. The molecule has 0 aliphatic rings. The van der Waals surface area contributed by atoms with Crippen LogP contribution in [-0.4, -0.2) is 23.4 Å². The lowest BCUT2D eigenvalue weighted by Crippen LogP contribution is -2.33. The van der Waals surface area contributed by atoms with Crippen molar-refractivity contribution in [1.29, 1.82) is 0 Å². The van der Waals surface area contributed by atoms with Gasteiger partial charge in [-0.25, -0.2) is 5.43 Å². The summed E-state index contributed by atoms with van der Waals surface area (Å²) < 4.78 is 0.882. The highest BCUT2D eigenvalue weighted by Crippen LogP contribution is 2.19. The van der Waals surface area contributed by atoms with E-state index in [2.05, 4.69) is 37.1 Å². The molecule has 3 aromatic carbocycles. The maximum Gasteiger partial charge on any atom is 0.329 e. The van der Waals surface area contributed by atoms with Gasteiger partial charge in [0.25, 0.3) is 5.91 Å². The summed E-state index contributed by atoms with van der Waals surface area (Å²) in [6, 6.07) is 23.1. The molecule has 0 radical (unpaired) electrons. The van der Waals surface area contributed by atoms with Crippen molar-refractivity contribution in [3.8, 4) is 0 Å². The lowest BCUT2D eigenvalue weighted by Gasteiger charge is -2.11. The molecule has 3 rings (SSSR count). The number of carbonyl (C=O) groups is 3. The number of hydrazone groups is 1. The van der Waals surface area contributed by atoms with Gasteiger partial charge in [-0.05, 0) is 55.0 Å². The van der Waals surface area contributed by atoms with Crippen LogP contribution in [0.2, 0.25) is 0 Å². The van der Waals surface area contributed by atoms with Crippen molar-refractivity contribution in [1.82, 2.24) is 5.43 Å². The summed E-state index contributed by atoms with van der Waals surface area (Å²) in [5.41, 5.74) is 4.72. The van der Waals surface area contributed by atoms with Gasteiger partial charge in [-0.2, -0.15) is 5.10 Å². The summed E-state index contributed by atoms with van der Waals surface area (Å²) >= 11 is 3.34. The van der Waals surface area contributed by atoms with Crippen LogP contribution in [0.15, 0.2) is 94.5 Å². The minimum absolute atomic E-state index is 0.205. The van der Waals surface area contributed by atoms with Gasteiger partial charge < -0.3 is 10.6 Å². The van der Waals surface area contributed by atoms with Gasteiger partial charge in [-0.1, -0.05) is 64.5 Å². The molecule has 0 aliphatic carbocycles. The van der Waals surface area contributed by atoms with E-state index < -0.39 is 17.7 Å². The molecular weight excluding hydrogens is 484 g/mol. The van der Waals surface area contributed by atoms with E-state index in [1.165, 1.54) is 0 Å². The number of rotatable bonds is 6. The third-order valence-electron chi connectivity index (χ3n) is 4.38. The fraction of sp³-hybridized carbons (Fsp3) is 0.0400. The number of hydrogen-bond acceptors (Lipinski definition) is 4. The SMILES string of the molecule is CC(/C=C/c1ccccc1)=N\NC(=O)C(=O)Nc1ccccc1C(=O)Nc1ccc(Br)cc1. The van der Waals surface area contributed by atoms with Gasteiger partial charge in [-0.3, -0.25) is 14.4 Å². The minimum atomic E-state index is -0.953. The Bertz CT molecular complexity index is 1210. The average molecular weight is 505 g/mol. The zero-order valence-corrected chi connectivity index (χ0v) is 19.3. The Morgan fingerprint density at radius 2 is 1.48 bits per heavy atom. The molecule has 3 aromatic rings. The van der Waals surface area contributed by atoms with Gasteiger partial charge >= 0.3 is 11.8 Å². The first-order chi connectivity index (χ1) is 15.9. The van der Waals surface area contributed by atoms with Crippen molar-refractivity contribution in [3.05, 3.63) is 101 Å². The van der Waals surface area contributed by atoms with Crippen molar-refractivity contribution >= 4 is 56.8 Å². The maximum absolute atomic E-state index is 12.7. The molecule has 3 amide bonds. The molecule has 0 spiro atoms. The normalized spacial score (nSPS) is 11.2. The molecule has 3 N–H and O–H groups in total. The summed E-state index contributed by atoms with van der Waals surface area (Å²) in [6.07, 6.45) is 3.56. The monoisotopic (exact) mass is 504 g/mol. The second kappa shape index (κ2) is 11.5. The second-order valence-corrected chi connectivity index (χ2v) is 7.81. The average Bonchev–Trinajstić information content (AvgIpc) is 2.83. The van der Waals surface area contributed by atoms with Gasteiger partial charge in [0.05, 0.1) is 17.0 Å². The topological polar surface area (TPSA) is 99.7 Å². The third-order valence-corrected chi connectivity index (χ3v) is 4.91. The first-order valence-corrected chi connectivity index (χ1v) is 10.8. The number of carbonyl (C=O) groups excluding carboxylic acids is 3. The summed E-state index contributed by atoms with van der Waals surface area (Å²) in [7, 11) is 0. The van der Waals surface area contributed by atoms with E-state index >= 15 is 0 Å². The van der Waals surface area contributed by atoms with E-state index in [9.17, 15) is 14.4 Å². The molecular formula is C25H21BrN4O3. The molecule has 0 fully saturated rings. The number of hydrogen-bond donors (Lipinski definition) is 3. The molecule has 0 heterocycles. The highest BCUT2D eigenvalue weighted by Gasteiger charge is 2.17. The van der Waals surface area contributed by atoms with E-state index in [1.807, 2.05) is 36.4 Å². The van der Waals surface area contributed by atoms with Crippen molar-refractivity contribution in [2.45, 2.75) is 6.92 Å². The van der Waals surface area contributed by atoms with E-state index in [0.29, 0.717) is 11.4 Å². The van der Waals surface area contributed by atoms with Crippen LogP contribution in [0.4, 0.5) is 11.4 Å². The lowest BCUT2D eigenvalue weighted by atomic mass is 10.1. The number of para-hydroxylation sites is 1. The third kappa shape index (κ3) is 7.26. The lowest BCUT2D eigenvalue weighted by molar-refractivity contribution is -0.136. The number of nitrogens with one attached hydrogen (secondary N) is 3. The number of benzene rings is 3. The predicted octanol–water partition coefficient (Wildman–Crippen LogP) is 4.85. The van der Waals surface area contributed by atoms with E-state index in [0.717, 1.165) is 10.0 Å². The Labute approximate surface area is 199 Å². The van der Waals surface area contributed by atoms with Gasteiger partial charge in [0, 0.05) is 10.2 Å².